The van der Waals surface area contributed by atoms with Crippen LogP contribution in [0.1, 0.15) is 25.1 Å². The van der Waals surface area contributed by atoms with Gasteiger partial charge in [0.2, 0.25) is 0 Å². The fourth-order valence-electron chi connectivity index (χ4n) is 2.42. The molecule has 0 spiro atoms. The first kappa shape index (κ1) is 11.1. The third kappa shape index (κ3) is 1.72. The first-order chi connectivity index (χ1) is 8.68. The van der Waals surface area contributed by atoms with Crippen LogP contribution in [0.3, 0.4) is 0 Å². The Bertz CT molecular complexity index is 629. The normalized spacial score (nSPS) is 11.9. The van der Waals surface area contributed by atoms with Gasteiger partial charge in [0.05, 0.1) is 0 Å². The molecule has 1 aromatic heterocycles. The zero-order chi connectivity index (χ0) is 12.6. The molecule has 90 valence electrons. The lowest BCUT2D eigenvalue weighted by Crippen LogP contribution is -2.19. The van der Waals surface area contributed by atoms with Gasteiger partial charge < -0.3 is 4.98 Å². The van der Waals surface area contributed by atoms with Crippen LogP contribution in [0.4, 0.5) is 0 Å². The highest BCUT2D eigenvalue weighted by Gasteiger charge is 2.24. The third-order valence-corrected chi connectivity index (χ3v) is 3.70. The Morgan fingerprint density at radius 2 is 1.50 bits per heavy atom. The lowest BCUT2D eigenvalue weighted by atomic mass is 9.81. The van der Waals surface area contributed by atoms with E-state index < -0.39 is 0 Å². The molecule has 0 fully saturated rings. The topological polar surface area (TPSA) is 15.8 Å². The van der Waals surface area contributed by atoms with Crippen LogP contribution in [0.25, 0.3) is 10.9 Å². The van der Waals surface area contributed by atoms with Gasteiger partial charge in [-0.25, -0.2) is 0 Å². The standard InChI is InChI=1S/C17H17N/c1-17(2,14-9-4-3-5-10-14)16-12-13-8-6-7-11-15(13)18-16/h3-12,18H,1-2H3. The average molecular weight is 235 g/mol. The summed E-state index contributed by atoms with van der Waals surface area (Å²) in [7, 11) is 0. The van der Waals surface area contributed by atoms with Gasteiger partial charge in [0.1, 0.15) is 0 Å². The number of rotatable bonds is 2. The van der Waals surface area contributed by atoms with E-state index in [0.29, 0.717) is 0 Å². The molecule has 0 bridgehead atoms. The minimum Gasteiger partial charge on any atom is -0.358 e. The van der Waals surface area contributed by atoms with Crippen LogP contribution >= 0.6 is 0 Å². The van der Waals surface area contributed by atoms with Gasteiger partial charge >= 0.3 is 0 Å². The van der Waals surface area contributed by atoms with Gasteiger partial charge in [-0.05, 0) is 23.1 Å². The number of aromatic nitrogens is 1. The fraction of sp³-hybridized carbons (Fsp3) is 0.176. The Morgan fingerprint density at radius 3 is 2.22 bits per heavy atom. The predicted molar refractivity (Wildman–Crippen MR) is 76.9 cm³/mol. The molecule has 1 heterocycles. The first-order valence-corrected chi connectivity index (χ1v) is 6.32. The van der Waals surface area contributed by atoms with Crippen molar-refractivity contribution >= 4 is 10.9 Å². The van der Waals surface area contributed by atoms with E-state index in [1.165, 1.54) is 22.2 Å². The summed E-state index contributed by atoms with van der Waals surface area (Å²) < 4.78 is 0. The number of para-hydroxylation sites is 1. The van der Waals surface area contributed by atoms with Crippen molar-refractivity contribution in [3.8, 4) is 0 Å². The molecular formula is C17H17N. The average Bonchev–Trinajstić information content (AvgIpc) is 2.84. The molecule has 2 aromatic carbocycles. The van der Waals surface area contributed by atoms with Gasteiger partial charge in [-0.1, -0.05) is 62.4 Å². The van der Waals surface area contributed by atoms with E-state index in [2.05, 4.69) is 79.5 Å². The minimum absolute atomic E-state index is 0.000278. The van der Waals surface area contributed by atoms with Gasteiger partial charge in [0, 0.05) is 16.6 Å². The minimum atomic E-state index is 0.000278. The van der Waals surface area contributed by atoms with Gasteiger partial charge in [0.25, 0.3) is 0 Å². The van der Waals surface area contributed by atoms with Crippen LogP contribution in [-0.2, 0) is 5.41 Å². The maximum atomic E-state index is 3.53. The molecule has 0 saturated carbocycles. The number of aromatic amines is 1. The molecule has 0 unspecified atom stereocenters. The van der Waals surface area contributed by atoms with Crippen molar-refractivity contribution < 1.29 is 0 Å². The molecule has 0 aliphatic rings. The molecule has 0 aliphatic carbocycles. The summed E-state index contributed by atoms with van der Waals surface area (Å²) in [5.74, 6) is 0. The molecule has 0 saturated heterocycles. The maximum Gasteiger partial charge on any atom is 0.0456 e. The summed E-state index contributed by atoms with van der Waals surface area (Å²) in [5.41, 5.74) is 3.79. The number of nitrogens with one attached hydrogen (secondary N) is 1. The van der Waals surface area contributed by atoms with Gasteiger partial charge in [0.15, 0.2) is 0 Å². The molecule has 1 nitrogen and oxygen atoms in total. The lowest BCUT2D eigenvalue weighted by molar-refractivity contribution is 0.623. The number of hydrogen-bond donors (Lipinski definition) is 1. The summed E-state index contributed by atoms with van der Waals surface area (Å²) in [6.07, 6.45) is 0. The van der Waals surface area contributed by atoms with Crippen molar-refractivity contribution in [2.75, 3.05) is 0 Å². The van der Waals surface area contributed by atoms with E-state index in [-0.39, 0.29) is 5.41 Å². The van der Waals surface area contributed by atoms with Gasteiger partial charge in [-0.3, -0.25) is 0 Å². The largest absolute Gasteiger partial charge is 0.358 e. The SMILES string of the molecule is CC(C)(c1ccccc1)c1cc2ccccc2[nH]1. The Hall–Kier alpha value is -2.02. The Morgan fingerprint density at radius 1 is 0.833 bits per heavy atom. The van der Waals surface area contributed by atoms with Crippen LogP contribution in [0, 0.1) is 0 Å². The van der Waals surface area contributed by atoms with Crippen LogP contribution < -0.4 is 0 Å². The second-order valence-electron chi connectivity index (χ2n) is 5.26. The molecule has 3 rings (SSSR count). The Labute approximate surface area is 107 Å². The molecular weight excluding hydrogens is 218 g/mol. The van der Waals surface area contributed by atoms with Crippen LogP contribution in [0.15, 0.2) is 60.7 Å². The molecule has 3 aromatic rings. The summed E-state index contributed by atoms with van der Waals surface area (Å²) in [6.45, 7) is 4.51. The zero-order valence-electron chi connectivity index (χ0n) is 10.8. The van der Waals surface area contributed by atoms with E-state index in [0.717, 1.165) is 0 Å². The molecule has 18 heavy (non-hydrogen) atoms. The number of H-pyrrole nitrogens is 1. The fourth-order valence-corrected chi connectivity index (χ4v) is 2.42. The number of benzene rings is 2. The van der Waals surface area contributed by atoms with Crippen LogP contribution in [0.2, 0.25) is 0 Å². The molecule has 1 N–H and O–H groups in total. The highest BCUT2D eigenvalue weighted by Crippen LogP contribution is 2.32. The molecule has 0 aliphatic heterocycles. The first-order valence-electron chi connectivity index (χ1n) is 6.32. The van der Waals surface area contributed by atoms with E-state index in [4.69, 9.17) is 0 Å². The summed E-state index contributed by atoms with van der Waals surface area (Å²) in [6, 6.07) is 21.3. The van der Waals surface area contributed by atoms with E-state index in [9.17, 15) is 0 Å². The van der Waals surface area contributed by atoms with Crippen molar-refractivity contribution in [3.63, 3.8) is 0 Å². The predicted octanol–water partition coefficient (Wildman–Crippen LogP) is 4.49. The van der Waals surface area contributed by atoms with E-state index in [1.807, 2.05) is 0 Å². The van der Waals surface area contributed by atoms with E-state index >= 15 is 0 Å². The smallest absolute Gasteiger partial charge is 0.0456 e. The molecule has 0 amide bonds. The van der Waals surface area contributed by atoms with Crippen LogP contribution in [-0.4, -0.2) is 4.98 Å². The third-order valence-electron chi connectivity index (χ3n) is 3.70. The molecule has 1 heteroatoms. The molecule has 0 atom stereocenters. The number of hydrogen-bond acceptors (Lipinski definition) is 0. The quantitative estimate of drug-likeness (QED) is 0.673. The Kier molecular flexibility index (Phi) is 2.48. The Balaban J connectivity index is 2.13. The highest BCUT2D eigenvalue weighted by molar-refractivity contribution is 5.80. The van der Waals surface area contributed by atoms with Crippen molar-refractivity contribution in [2.24, 2.45) is 0 Å². The van der Waals surface area contributed by atoms with Crippen molar-refractivity contribution in [3.05, 3.63) is 71.9 Å². The van der Waals surface area contributed by atoms with E-state index in [1.54, 1.807) is 0 Å². The molecule has 0 radical (unpaired) electrons. The van der Waals surface area contributed by atoms with Gasteiger partial charge in [-0.15, -0.1) is 0 Å². The monoisotopic (exact) mass is 235 g/mol. The second kappa shape index (κ2) is 4.02. The zero-order valence-corrected chi connectivity index (χ0v) is 10.8. The lowest BCUT2D eigenvalue weighted by Gasteiger charge is -2.24. The highest BCUT2D eigenvalue weighted by atomic mass is 14.7. The van der Waals surface area contributed by atoms with Crippen molar-refractivity contribution in [1.29, 1.82) is 0 Å². The second-order valence-corrected chi connectivity index (χ2v) is 5.26. The van der Waals surface area contributed by atoms with Crippen LogP contribution in [0.5, 0.6) is 0 Å². The van der Waals surface area contributed by atoms with Crippen molar-refractivity contribution in [1.82, 2.24) is 4.98 Å². The number of fused-ring (bicyclic) bond motifs is 1. The summed E-state index contributed by atoms with van der Waals surface area (Å²) >= 11 is 0. The van der Waals surface area contributed by atoms with Crippen molar-refractivity contribution in [2.45, 2.75) is 19.3 Å². The van der Waals surface area contributed by atoms with Gasteiger partial charge in [-0.2, -0.15) is 0 Å². The summed E-state index contributed by atoms with van der Waals surface area (Å²) in [5, 5.41) is 1.27. The summed E-state index contributed by atoms with van der Waals surface area (Å²) in [4.78, 5) is 3.53. The maximum absolute atomic E-state index is 3.53.